The van der Waals surface area contributed by atoms with Gasteiger partial charge in [-0.3, -0.25) is 10.1 Å². The van der Waals surface area contributed by atoms with Crippen LogP contribution in [0.3, 0.4) is 0 Å². The third-order valence-electron chi connectivity index (χ3n) is 2.90. The van der Waals surface area contributed by atoms with Crippen LogP contribution in [0.5, 0.6) is 0 Å². The zero-order chi connectivity index (χ0) is 15.6. The van der Waals surface area contributed by atoms with E-state index in [4.69, 9.17) is 16.7 Å². The maximum absolute atomic E-state index is 11.1. The van der Waals surface area contributed by atoms with E-state index in [1.807, 2.05) is 0 Å². The third-order valence-corrected chi connectivity index (χ3v) is 3.23. The Labute approximate surface area is 125 Å². The molecule has 0 fully saturated rings. The second-order valence-electron chi connectivity index (χ2n) is 4.35. The van der Waals surface area contributed by atoms with Gasteiger partial charge in [0.25, 0.3) is 5.69 Å². The molecule has 0 radical (unpaired) electrons. The van der Waals surface area contributed by atoms with Gasteiger partial charge in [-0.25, -0.2) is 4.79 Å². The number of para-hydroxylation sites is 1. The van der Waals surface area contributed by atoms with Crippen LogP contribution in [0.1, 0.15) is 15.9 Å². The van der Waals surface area contributed by atoms with Gasteiger partial charge in [0.2, 0.25) is 0 Å². The Bertz CT molecular complexity index is 731. The van der Waals surface area contributed by atoms with Gasteiger partial charge in [0.1, 0.15) is 5.69 Å². The van der Waals surface area contributed by atoms with Gasteiger partial charge < -0.3 is 10.4 Å². The number of nitro benzene ring substituents is 1. The van der Waals surface area contributed by atoms with E-state index in [0.717, 1.165) is 0 Å². The zero-order valence-electron chi connectivity index (χ0n) is 11.0. The van der Waals surface area contributed by atoms with Gasteiger partial charge in [-0.1, -0.05) is 23.7 Å². The predicted molar refractivity (Wildman–Crippen MR) is 79.5 cm³/mol. The average molecular weight is 307 g/mol. The first-order chi connectivity index (χ1) is 9.90. The second kappa shape index (κ2) is 5.80. The number of carboxylic acid groups (broad SMARTS) is 1. The fourth-order valence-corrected chi connectivity index (χ4v) is 2.12. The molecule has 0 aliphatic carbocycles. The number of benzene rings is 2. The highest BCUT2D eigenvalue weighted by atomic mass is 35.5. The van der Waals surface area contributed by atoms with Gasteiger partial charge in [0.05, 0.1) is 15.5 Å². The molecule has 0 aromatic heterocycles. The van der Waals surface area contributed by atoms with Crippen molar-refractivity contribution in [1.82, 2.24) is 0 Å². The summed E-state index contributed by atoms with van der Waals surface area (Å²) in [7, 11) is 0. The number of hydrogen-bond acceptors (Lipinski definition) is 4. The molecule has 0 saturated heterocycles. The summed E-state index contributed by atoms with van der Waals surface area (Å²) >= 11 is 5.78. The summed E-state index contributed by atoms with van der Waals surface area (Å²) in [4.78, 5) is 21.7. The van der Waals surface area contributed by atoms with Crippen LogP contribution in [0.25, 0.3) is 0 Å². The number of hydrogen-bond donors (Lipinski definition) is 2. The minimum atomic E-state index is -1.16. The molecule has 0 heterocycles. The molecule has 0 aliphatic heterocycles. The molecule has 6 nitrogen and oxygen atoms in total. The van der Waals surface area contributed by atoms with Gasteiger partial charge >= 0.3 is 5.97 Å². The number of aromatic carboxylic acids is 1. The topological polar surface area (TPSA) is 92.5 Å². The maximum Gasteiger partial charge on any atom is 0.337 e. The molecule has 0 unspecified atom stereocenters. The molecule has 2 aromatic rings. The maximum atomic E-state index is 11.1. The molecule has 0 atom stereocenters. The molecular weight excluding hydrogens is 296 g/mol. The lowest BCUT2D eigenvalue weighted by Crippen LogP contribution is -2.01. The highest BCUT2D eigenvalue weighted by Gasteiger charge is 2.17. The molecule has 108 valence electrons. The number of nitro groups is 1. The lowest BCUT2D eigenvalue weighted by atomic mass is 10.1. The van der Waals surface area contributed by atoms with Crippen LogP contribution in [0, 0.1) is 17.0 Å². The van der Waals surface area contributed by atoms with E-state index in [1.165, 1.54) is 12.1 Å². The molecule has 0 aliphatic rings. The van der Waals surface area contributed by atoms with Gasteiger partial charge in [-0.2, -0.15) is 0 Å². The molecule has 0 spiro atoms. The van der Waals surface area contributed by atoms with Gasteiger partial charge in [0, 0.05) is 11.3 Å². The van der Waals surface area contributed by atoms with E-state index in [2.05, 4.69) is 5.32 Å². The SMILES string of the molecule is Cc1cccc(Nc2ccc(Cl)c(C(=O)O)c2)c1[N+](=O)[O-]. The fraction of sp³-hybridized carbons (Fsp3) is 0.0714. The van der Waals surface area contributed by atoms with Crippen molar-refractivity contribution in [1.29, 1.82) is 0 Å². The van der Waals surface area contributed by atoms with E-state index in [9.17, 15) is 14.9 Å². The predicted octanol–water partition coefficient (Wildman–Crippen LogP) is 4.00. The Morgan fingerprint density at radius 1 is 1.33 bits per heavy atom. The van der Waals surface area contributed by atoms with E-state index in [0.29, 0.717) is 16.9 Å². The molecule has 0 bridgehead atoms. The van der Waals surface area contributed by atoms with E-state index < -0.39 is 10.9 Å². The van der Waals surface area contributed by atoms with Crippen molar-refractivity contribution in [3.05, 3.63) is 62.7 Å². The van der Waals surface area contributed by atoms with Crippen molar-refractivity contribution in [2.45, 2.75) is 6.92 Å². The summed E-state index contributed by atoms with van der Waals surface area (Å²) < 4.78 is 0. The number of nitrogens with one attached hydrogen (secondary N) is 1. The van der Waals surface area contributed by atoms with Gasteiger partial charge in [-0.05, 0) is 31.2 Å². The Hall–Kier alpha value is -2.60. The number of halogens is 1. The molecule has 7 heteroatoms. The van der Waals surface area contributed by atoms with Crippen LogP contribution in [0.4, 0.5) is 17.1 Å². The van der Waals surface area contributed by atoms with Crippen molar-refractivity contribution < 1.29 is 14.8 Å². The largest absolute Gasteiger partial charge is 0.478 e. The Balaban J connectivity index is 2.44. The van der Waals surface area contributed by atoms with Gasteiger partial charge in [-0.15, -0.1) is 0 Å². The molecule has 0 saturated carbocycles. The molecule has 0 amide bonds. The summed E-state index contributed by atoms with van der Waals surface area (Å²) in [5, 5.41) is 23.1. The van der Waals surface area contributed by atoms with Crippen molar-refractivity contribution in [3.63, 3.8) is 0 Å². The van der Waals surface area contributed by atoms with Crippen LogP contribution in [0.2, 0.25) is 5.02 Å². The Morgan fingerprint density at radius 3 is 2.67 bits per heavy atom. The number of aryl methyl sites for hydroxylation is 1. The quantitative estimate of drug-likeness (QED) is 0.658. The third kappa shape index (κ3) is 3.11. The summed E-state index contributed by atoms with van der Waals surface area (Å²) in [6.07, 6.45) is 0. The smallest absolute Gasteiger partial charge is 0.337 e. The number of carboxylic acids is 1. The standard InChI is InChI=1S/C14H11ClN2O4/c1-8-3-2-4-12(13(8)17(20)21)16-9-5-6-11(15)10(7-9)14(18)19/h2-7,16H,1H3,(H,18,19). The van der Waals surface area contributed by atoms with Gasteiger partial charge in [0.15, 0.2) is 0 Å². The highest BCUT2D eigenvalue weighted by Crippen LogP contribution is 2.31. The lowest BCUT2D eigenvalue weighted by Gasteiger charge is -2.10. The zero-order valence-corrected chi connectivity index (χ0v) is 11.7. The molecule has 2 aromatic carbocycles. The summed E-state index contributed by atoms with van der Waals surface area (Å²) in [6.45, 7) is 1.63. The number of rotatable bonds is 4. The second-order valence-corrected chi connectivity index (χ2v) is 4.76. The molecule has 2 N–H and O–H groups in total. The number of nitrogens with zero attached hydrogens (tertiary/aromatic N) is 1. The van der Waals surface area contributed by atoms with E-state index in [-0.39, 0.29) is 16.3 Å². The van der Waals surface area contributed by atoms with Crippen molar-refractivity contribution in [3.8, 4) is 0 Å². The summed E-state index contributed by atoms with van der Waals surface area (Å²) in [5.74, 6) is -1.16. The number of carbonyl (C=O) groups is 1. The average Bonchev–Trinajstić information content (AvgIpc) is 2.40. The van der Waals surface area contributed by atoms with Crippen LogP contribution in [-0.2, 0) is 0 Å². The Morgan fingerprint density at radius 2 is 2.05 bits per heavy atom. The fourth-order valence-electron chi connectivity index (χ4n) is 1.92. The first-order valence-electron chi connectivity index (χ1n) is 5.94. The molecule has 2 rings (SSSR count). The number of anilines is 2. The van der Waals surface area contributed by atoms with Crippen LogP contribution in [0.15, 0.2) is 36.4 Å². The molecule has 21 heavy (non-hydrogen) atoms. The normalized spacial score (nSPS) is 10.2. The highest BCUT2D eigenvalue weighted by molar-refractivity contribution is 6.33. The summed E-state index contributed by atoms with van der Waals surface area (Å²) in [5.41, 5.74) is 1.09. The van der Waals surface area contributed by atoms with E-state index in [1.54, 1.807) is 31.2 Å². The van der Waals surface area contributed by atoms with Crippen molar-refractivity contribution in [2.24, 2.45) is 0 Å². The minimum Gasteiger partial charge on any atom is -0.478 e. The van der Waals surface area contributed by atoms with E-state index >= 15 is 0 Å². The van der Waals surface area contributed by atoms with Crippen LogP contribution in [-0.4, -0.2) is 16.0 Å². The first-order valence-corrected chi connectivity index (χ1v) is 6.32. The van der Waals surface area contributed by atoms with Crippen LogP contribution >= 0.6 is 11.6 Å². The van der Waals surface area contributed by atoms with Crippen LogP contribution < -0.4 is 5.32 Å². The first kappa shape index (κ1) is 14.8. The minimum absolute atomic E-state index is 0.0516. The molecular formula is C14H11ClN2O4. The Kier molecular flexibility index (Phi) is 4.09. The van der Waals surface area contributed by atoms with Crippen molar-refractivity contribution in [2.75, 3.05) is 5.32 Å². The van der Waals surface area contributed by atoms with Crippen molar-refractivity contribution >= 4 is 34.6 Å². The summed E-state index contributed by atoms with van der Waals surface area (Å²) in [6, 6.07) is 9.18. The lowest BCUT2D eigenvalue weighted by molar-refractivity contribution is -0.384. The monoisotopic (exact) mass is 306 g/mol.